The lowest BCUT2D eigenvalue weighted by molar-refractivity contribution is 0.101. The van der Waals surface area contributed by atoms with Gasteiger partial charge in [0.05, 0.1) is 0 Å². The minimum Gasteiger partial charge on any atom is -0.385 e. The van der Waals surface area contributed by atoms with E-state index in [9.17, 15) is 4.79 Å². The van der Waals surface area contributed by atoms with Crippen LogP contribution < -0.4 is 5.32 Å². The van der Waals surface area contributed by atoms with E-state index in [4.69, 9.17) is 0 Å². The summed E-state index contributed by atoms with van der Waals surface area (Å²) >= 11 is 0. The Morgan fingerprint density at radius 3 is 2.53 bits per heavy atom. The molecule has 0 aliphatic heterocycles. The zero-order valence-electron chi connectivity index (χ0n) is 10.7. The number of benzene rings is 1. The van der Waals surface area contributed by atoms with Crippen molar-refractivity contribution < 1.29 is 4.79 Å². The van der Waals surface area contributed by atoms with Gasteiger partial charge in [-0.3, -0.25) is 4.79 Å². The Bertz CT molecular complexity index is 382. The highest BCUT2D eigenvalue weighted by atomic mass is 16.1. The number of rotatable bonds is 4. The Morgan fingerprint density at radius 2 is 2.00 bits per heavy atom. The molecule has 0 spiro atoms. The Morgan fingerprint density at radius 1 is 1.29 bits per heavy atom. The molecule has 0 heterocycles. The van der Waals surface area contributed by atoms with Gasteiger partial charge < -0.3 is 5.32 Å². The fourth-order valence-corrected chi connectivity index (χ4v) is 2.60. The largest absolute Gasteiger partial charge is 0.385 e. The van der Waals surface area contributed by atoms with E-state index in [-0.39, 0.29) is 5.78 Å². The molecule has 0 bridgehead atoms. The SMILES string of the molecule is CC(=O)c1ccc(NCC2CCC(C)C2)cc1. The molecule has 2 rings (SSSR count). The van der Waals surface area contributed by atoms with Gasteiger partial charge in [0.2, 0.25) is 0 Å². The van der Waals surface area contributed by atoms with Crippen LogP contribution in [0.25, 0.3) is 0 Å². The van der Waals surface area contributed by atoms with Crippen LogP contribution in [0.1, 0.15) is 43.5 Å². The predicted octanol–water partition coefficient (Wildman–Crippen LogP) is 3.74. The smallest absolute Gasteiger partial charge is 0.159 e. The van der Waals surface area contributed by atoms with Gasteiger partial charge in [0, 0.05) is 17.8 Å². The number of anilines is 1. The van der Waals surface area contributed by atoms with Crippen molar-refractivity contribution in [2.75, 3.05) is 11.9 Å². The fourth-order valence-electron chi connectivity index (χ4n) is 2.60. The molecule has 2 heteroatoms. The maximum absolute atomic E-state index is 11.1. The summed E-state index contributed by atoms with van der Waals surface area (Å²) in [6.45, 7) is 4.99. The van der Waals surface area contributed by atoms with Crippen LogP contribution >= 0.6 is 0 Å². The molecule has 0 radical (unpaired) electrons. The molecule has 0 aromatic heterocycles. The molecule has 1 fully saturated rings. The van der Waals surface area contributed by atoms with Crippen molar-refractivity contribution in [2.24, 2.45) is 11.8 Å². The number of carbonyl (C=O) groups is 1. The van der Waals surface area contributed by atoms with E-state index in [2.05, 4.69) is 12.2 Å². The molecule has 92 valence electrons. The first-order valence-corrected chi connectivity index (χ1v) is 6.50. The third kappa shape index (κ3) is 3.32. The molecule has 1 aromatic rings. The van der Waals surface area contributed by atoms with Gasteiger partial charge in [-0.05, 0) is 55.9 Å². The number of nitrogens with one attached hydrogen (secondary N) is 1. The van der Waals surface area contributed by atoms with Crippen LogP contribution in [-0.4, -0.2) is 12.3 Å². The first-order chi connectivity index (χ1) is 8.15. The highest BCUT2D eigenvalue weighted by Gasteiger charge is 2.20. The van der Waals surface area contributed by atoms with Gasteiger partial charge in [-0.2, -0.15) is 0 Å². The van der Waals surface area contributed by atoms with E-state index in [1.807, 2.05) is 24.3 Å². The Kier molecular flexibility index (Phi) is 3.82. The minimum absolute atomic E-state index is 0.126. The summed E-state index contributed by atoms with van der Waals surface area (Å²) in [7, 11) is 0. The zero-order valence-corrected chi connectivity index (χ0v) is 10.7. The van der Waals surface area contributed by atoms with E-state index >= 15 is 0 Å². The third-order valence-corrected chi connectivity index (χ3v) is 3.69. The molecule has 1 aliphatic rings. The van der Waals surface area contributed by atoms with Gasteiger partial charge in [0.15, 0.2) is 5.78 Å². The topological polar surface area (TPSA) is 29.1 Å². The first kappa shape index (κ1) is 12.2. The molecular weight excluding hydrogens is 210 g/mol. The summed E-state index contributed by atoms with van der Waals surface area (Å²) < 4.78 is 0. The van der Waals surface area contributed by atoms with Crippen molar-refractivity contribution in [1.82, 2.24) is 0 Å². The van der Waals surface area contributed by atoms with Crippen molar-refractivity contribution >= 4 is 11.5 Å². The Hall–Kier alpha value is -1.31. The van der Waals surface area contributed by atoms with Gasteiger partial charge in [-0.15, -0.1) is 0 Å². The molecule has 2 atom stereocenters. The molecule has 0 saturated heterocycles. The Balaban J connectivity index is 1.85. The molecular formula is C15H21NO. The second-order valence-corrected chi connectivity index (χ2v) is 5.30. The lowest BCUT2D eigenvalue weighted by atomic mass is 10.1. The lowest BCUT2D eigenvalue weighted by Crippen LogP contribution is -2.11. The van der Waals surface area contributed by atoms with E-state index in [1.165, 1.54) is 19.3 Å². The average molecular weight is 231 g/mol. The summed E-state index contributed by atoms with van der Waals surface area (Å²) in [5.41, 5.74) is 1.90. The standard InChI is InChI=1S/C15H21NO/c1-11-3-4-13(9-11)10-16-15-7-5-14(6-8-15)12(2)17/h5-8,11,13,16H,3-4,9-10H2,1-2H3. The highest BCUT2D eigenvalue weighted by Crippen LogP contribution is 2.30. The lowest BCUT2D eigenvalue weighted by Gasteiger charge is -2.12. The molecule has 1 saturated carbocycles. The van der Waals surface area contributed by atoms with Crippen molar-refractivity contribution in [2.45, 2.75) is 33.1 Å². The molecule has 1 aliphatic carbocycles. The van der Waals surface area contributed by atoms with Crippen LogP contribution in [0.5, 0.6) is 0 Å². The van der Waals surface area contributed by atoms with Gasteiger partial charge in [-0.25, -0.2) is 0 Å². The molecule has 2 nitrogen and oxygen atoms in total. The molecule has 1 N–H and O–H groups in total. The summed E-state index contributed by atoms with van der Waals surface area (Å²) in [6.07, 6.45) is 4.06. The molecule has 1 aromatic carbocycles. The second kappa shape index (κ2) is 5.35. The van der Waals surface area contributed by atoms with E-state index in [0.717, 1.165) is 29.6 Å². The average Bonchev–Trinajstić information content (AvgIpc) is 2.73. The quantitative estimate of drug-likeness (QED) is 0.800. The van der Waals surface area contributed by atoms with Crippen LogP contribution in [0.15, 0.2) is 24.3 Å². The molecule has 2 unspecified atom stereocenters. The summed E-state index contributed by atoms with van der Waals surface area (Å²) in [6, 6.07) is 7.77. The zero-order chi connectivity index (χ0) is 12.3. The van der Waals surface area contributed by atoms with Gasteiger partial charge in [0.25, 0.3) is 0 Å². The predicted molar refractivity (Wildman–Crippen MR) is 71.4 cm³/mol. The number of hydrogen-bond donors (Lipinski definition) is 1. The molecule has 0 amide bonds. The van der Waals surface area contributed by atoms with Gasteiger partial charge in [-0.1, -0.05) is 13.3 Å². The van der Waals surface area contributed by atoms with E-state index < -0.39 is 0 Å². The summed E-state index contributed by atoms with van der Waals surface area (Å²) in [4.78, 5) is 11.1. The second-order valence-electron chi connectivity index (χ2n) is 5.30. The van der Waals surface area contributed by atoms with Crippen molar-refractivity contribution in [3.8, 4) is 0 Å². The van der Waals surface area contributed by atoms with Gasteiger partial charge in [0.1, 0.15) is 0 Å². The molecule has 17 heavy (non-hydrogen) atoms. The van der Waals surface area contributed by atoms with Crippen LogP contribution in [-0.2, 0) is 0 Å². The van der Waals surface area contributed by atoms with E-state index in [1.54, 1.807) is 6.92 Å². The number of carbonyl (C=O) groups excluding carboxylic acids is 1. The third-order valence-electron chi connectivity index (χ3n) is 3.69. The van der Waals surface area contributed by atoms with Crippen LogP contribution in [0.3, 0.4) is 0 Å². The fraction of sp³-hybridized carbons (Fsp3) is 0.533. The monoisotopic (exact) mass is 231 g/mol. The first-order valence-electron chi connectivity index (χ1n) is 6.50. The van der Waals surface area contributed by atoms with Crippen LogP contribution in [0.4, 0.5) is 5.69 Å². The maximum atomic E-state index is 11.1. The highest BCUT2D eigenvalue weighted by molar-refractivity contribution is 5.94. The van der Waals surface area contributed by atoms with Crippen molar-refractivity contribution in [3.63, 3.8) is 0 Å². The van der Waals surface area contributed by atoms with Crippen molar-refractivity contribution in [3.05, 3.63) is 29.8 Å². The minimum atomic E-state index is 0.126. The normalized spacial score (nSPS) is 23.6. The van der Waals surface area contributed by atoms with Crippen LogP contribution in [0, 0.1) is 11.8 Å². The maximum Gasteiger partial charge on any atom is 0.159 e. The van der Waals surface area contributed by atoms with Crippen LogP contribution in [0.2, 0.25) is 0 Å². The van der Waals surface area contributed by atoms with E-state index in [0.29, 0.717) is 0 Å². The summed E-state index contributed by atoms with van der Waals surface area (Å²) in [5, 5.41) is 3.46. The number of Topliss-reactive ketones (excluding diaryl/α,β-unsaturated/α-hetero) is 1. The number of ketones is 1. The van der Waals surface area contributed by atoms with Crippen molar-refractivity contribution in [1.29, 1.82) is 0 Å². The summed E-state index contributed by atoms with van der Waals surface area (Å²) in [5.74, 6) is 1.83. The Labute approximate surface area is 103 Å². The number of hydrogen-bond acceptors (Lipinski definition) is 2. The van der Waals surface area contributed by atoms with Gasteiger partial charge >= 0.3 is 0 Å².